The van der Waals surface area contributed by atoms with Gasteiger partial charge in [-0.2, -0.15) is 13.2 Å². The van der Waals surface area contributed by atoms with Crippen molar-refractivity contribution in [1.82, 2.24) is 25.2 Å². The molecule has 4 heterocycles. The molecule has 10 nitrogen and oxygen atoms in total. The highest BCUT2D eigenvalue weighted by atomic mass is 19.4. The number of methoxy groups -OCH3 is 1. The predicted molar refractivity (Wildman–Crippen MR) is 136 cm³/mol. The lowest BCUT2D eigenvalue weighted by Gasteiger charge is -2.70. The fourth-order valence-corrected chi connectivity index (χ4v) is 6.35. The monoisotopic (exact) mass is 546 g/mol. The average Bonchev–Trinajstić information content (AvgIpc) is 3.32. The Kier molecular flexibility index (Phi) is 5.90. The van der Waals surface area contributed by atoms with Gasteiger partial charge in [-0.25, -0.2) is 9.97 Å². The zero-order valence-electron chi connectivity index (χ0n) is 21.7. The number of oxazole rings is 1. The molecule has 4 aliphatic rings. The van der Waals surface area contributed by atoms with Gasteiger partial charge in [0.25, 0.3) is 0 Å². The van der Waals surface area contributed by atoms with Crippen LogP contribution in [-0.2, 0) is 17.8 Å². The number of nitrogens with one attached hydrogen (secondary N) is 2. The van der Waals surface area contributed by atoms with Gasteiger partial charge in [-0.05, 0) is 31.7 Å². The van der Waals surface area contributed by atoms with E-state index in [2.05, 4.69) is 20.6 Å². The zero-order valence-corrected chi connectivity index (χ0v) is 21.7. The molecule has 0 atom stereocenters. The van der Waals surface area contributed by atoms with E-state index in [4.69, 9.17) is 9.15 Å². The lowest BCUT2D eigenvalue weighted by Crippen LogP contribution is -2.78. The molecule has 4 fully saturated rings. The van der Waals surface area contributed by atoms with E-state index in [9.17, 15) is 22.8 Å². The molecular formula is C26H29F3N6O4. The number of amides is 1. The van der Waals surface area contributed by atoms with Crippen LogP contribution in [0.3, 0.4) is 0 Å². The van der Waals surface area contributed by atoms with E-state index in [-0.39, 0.29) is 48.4 Å². The topological polar surface area (TPSA) is 115 Å². The second kappa shape index (κ2) is 8.97. The third-order valence-corrected chi connectivity index (χ3v) is 8.18. The maximum atomic E-state index is 13.8. The lowest BCUT2D eigenvalue weighted by atomic mass is 9.39. The maximum Gasteiger partial charge on any atom is 0.394 e. The van der Waals surface area contributed by atoms with E-state index in [1.807, 2.05) is 11.8 Å². The fraction of sp³-hybridized carbons (Fsp3) is 0.538. The minimum absolute atomic E-state index is 0.0841. The molecule has 208 valence electrons. The first-order valence-electron chi connectivity index (χ1n) is 13.0. The van der Waals surface area contributed by atoms with Gasteiger partial charge in [0, 0.05) is 55.2 Å². The van der Waals surface area contributed by atoms with Crippen molar-refractivity contribution < 1.29 is 27.1 Å². The first kappa shape index (κ1) is 25.7. The SMILES string of the molecule is CCc1c(N2CCNCC2)c(=O)c2nc(-c3ccnc(OC)c3)oc2n1CC(=O)NC12CC(C(F)(F)F)(C1)C2. The van der Waals surface area contributed by atoms with Crippen molar-refractivity contribution in [3.8, 4) is 17.3 Å². The van der Waals surface area contributed by atoms with Crippen molar-refractivity contribution in [3.05, 3.63) is 34.2 Å². The minimum Gasteiger partial charge on any atom is -0.481 e. The molecule has 1 aliphatic heterocycles. The second-order valence-corrected chi connectivity index (χ2v) is 10.7. The van der Waals surface area contributed by atoms with Crippen molar-refractivity contribution in [2.75, 3.05) is 38.2 Å². The number of rotatable bonds is 7. The minimum atomic E-state index is -4.26. The number of aromatic nitrogens is 3. The molecule has 0 spiro atoms. The number of piperazine rings is 1. The number of carbonyl (C=O) groups is 1. The van der Waals surface area contributed by atoms with E-state index in [1.54, 1.807) is 16.7 Å². The van der Waals surface area contributed by atoms with Crippen LogP contribution in [0.4, 0.5) is 18.9 Å². The Labute approximate surface area is 221 Å². The normalized spacial score (nSPS) is 24.3. The summed E-state index contributed by atoms with van der Waals surface area (Å²) in [7, 11) is 1.48. The van der Waals surface area contributed by atoms with E-state index in [0.29, 0.717) is 55.4 Å². The van der Waals surface area contributed by atoms with Gasteiger partial charge in [-0.3, -0.25) is 9.59 Å². The van der Waals surface area contributed by atoms with Crippen LogP contribution in [0, 0.1) is 5.41 Å². The van der Waals surface area contributed by atoms with Crippen LogP contribution in [0.2, 0.25) is 0 Å². The highest BCUT2D eigenvalue weighted by Crippen LogP contribution is 2.73. The Morgan fingerprint density at radius 2 is 1.97 bits per heavy atom. The molecule has 0 aromatic carbocycles. The summed E-state index contributed by atoms with van der Waals surface area (Å²) >= 11 is 0. The number of nitrogens with zero attached hydrogens (tertiary/aromatic N) is 4. The molecule has 2 N–H and O–H groups in total. The Bertz CT molecular complexity index is 1490. The third kappa shape index (κ3) is 4.05. The summed E-state index contributed by atoms with van der Waals surface area (Å²) in [5.41, 5.74) is -0.928. The second-order valence-electron chi connectivity index (χ2n) is 10.7. The van der Waals surface area contributed by atoms with E-state index in [0.717, 1.165) is 0 Å². The summed E-state index contributed by atoms with van der Waals surface area (Å²) in [5, 5.41) is 6.11. The Balaban J connectivity index is 1.40. The van der Waals surface area contributed by atoms with Gasteiger partial charge in [0.1, 0.15) is 12.2 Å². The number of anilines is 1. The molecule has 2 bridgehead atoms. The van der Waals surface area contributed by atoms with Crippen molar-refractivity contribution in [1.29, 1.82) is 0 Å². The van der Waals surface area contributed by atoms with Gasteiger partial charge in [0.05, 0.1) is 12.5 Å². The molecule has 39 heavy (non-hydrogen) atoms. The number of pyridine rings is 2. The number of hydrogen-bond acceptors (Lipinski definition) is 8. The van der Waals surface area contributed by atoms with Crippen molar-refractivity contribution in [2.45, 2.75) is 50.9 Å². The number of halogens is 3. The first-order chi connectivity index (χ1) is 18.6. The molecule has 3 aromatic rings. The molecular weight excluding hydrogens is 517 g/mol. The van der Waals surface area contributed by atoms with Crippen LogP contribution in [0.1, 0.15) is 31.9 Å². The molecule has 0 unspecified atom stereocenters. The average molecular weight is 547 g/mol. The number of alkyl halides is 3. The van der Waals surface area contributed by atoms with Gasteiger partial charge in [0.2, 0.25) is 28.8 Å². The summed E-state index contributed by atoms with van der Waals surface area (Å²) in [6, 6.07) is 3.30. The Morgan fingerprint density at radius 1 is 1.26 bits per heavy atom. The Morgan fingerprint density at radius 3 is 2.62 bits per heavy atom. The molecule has 13 heteroatoms. The molecule has 3 aliphatic carbocycles. The summed E-state index contributed by atoms with van der Waals surface area (Å²) in [6.45, 7) is 4.29. The summed E-state index contributed by atoms with van der Waals surface area (Å²) in [5.74, 6) is 0.0817. The maximum absolute atomic E-state index is 13.8. The summed E-state index contributed by atoms with van der Waals surface area (Å²) < 4.78 is 52.9. The van der Waals surface area contributed by atoms with Crippen molar-refractivity contribution >= 4 is 22.8 Å². The predicted octanol–water partition coefficient (Wildman–Crippen LogP) is 2.63. The standard InChI is InChI=1S/C26H29F3N6O4/c1-3-16-20(34-8-6-30-7-9-34)21(37)19-23(39-22(32-19)15-4-5-31-18(10-15)38-2)35(16)11-17(36)33-25-12-24(13-25,14-25)26(27,28)29/h4-5,10,30H,3,6-9,11-14H2,1-2H3,(H,33,36). The van der Waals surface area contributed by atoms with Gasteiger partial charge < -0.3 is 29.3 Å². The molecule has 0 radical (unpaired) electrons. The molecule has 3 aromatic heterocycles. The number of hydrogen-bond donors (Lipinski definition) is 2. The third-order valence-electron chi connectivity index (χ3n) is 8.18. The summed E-state index contributed by atoms with van der Waals surface area (Å²) in [4.78, 5) is 37.6. The van der Waals surface area contributed by atoms with Gasteiger partial charge in [-0.15, -0.1) is 0 Å². The molecule has 1 saturated heterocycles. The molecule has 3 saturated carbocycles. The van der Waals surface area contributed by atoms with Crippen LogP contribution in [0.5, 0.6) is 5.88 Å². The molecule has 7 rings (SSSR count). The van der Waals surface area contributed by atoms with Crippen LogP contribution in [0.15, 0.2) is 27.5 Å². The van der Waals surface area contributed by atoms with Crippen LogP contribution in [0.25, 0.3) is 22.7 Å². The van der Waals surface area contributed by atoms with Crippen LogP contribution in [-0.4, -0.2) is 65.4 Å². The zero-order chi connectivity index (χ0) is 27.6. The van der Waals surface area contributed by atoms with Crippen molar-refractivity contribution in [3.63, 3.8) is 0 Å². The highest BCUT2D eigenvalue weighted by Gasteiger charge is 2.78. The van der Waals surface area contributed by atoms with E-state index >= 15 is 0 Å². The highest BCUT2D eigenvalue weighted by molar-refractivity contribution is 5.83. The first-order valence-corrected chi connectivity index (χ1v) is 13.0. The van der Waals surface area contributed by atoms with Crippen LogP contribution >= 0.6 is 0 Å². The van der Waals surface area contributed by atoms with Gasteiger partial charge in [0.15, 0.2) is 5.52 Å². The quantitative estimate of drug-likeness (QED) is 0.465. The largest absolute Gasteiger partial charge is 0.481 e. The van der Waals surface area contributed by atoms with E-state index < -0.39 is 23.0 Å². The van der Waals surface area contributed by atoms with Gasteiger partial charge >= 0.3 is 6.18 Å². The number of carbonyl (C=O) groups excluding carboxylic acids is 1. The van der Waals surface area contributed by atoms with Crippen LogP contribution < -0.4 is 25.7 Å². The smallest absolute Gasteiger partial charge is 0.394 e. The number of ether oxygens (including phenoxy) is 1. The van der Waals surface area contributed by atoms with Crippen molar-refractivity contribution in [2.24, 2.45) is 5.41 Å². The summed E-state index contributed by atoms with van der Waals surface area (Å²) in [6.07, 6.45) is -2.60. The molecule has 1 amide bonds. The van der Waals surface area contributed by atoms with Gasteiger partial charge in [-0.1, -0.05) is 6.92 Å². The Hall–Kier alpha value is -3.61. The van der Waals surface area contributed by atoms with E-state index in [1.165, 1.54) is 13.3 Å². The fourth-order valence-electron chi connectivity index (χ4n) is 6.35. The number of fused-ring (bicyclic) bond motifs is 1. The lowest BCUT2D eigenvalue weighted by molar-refractivity contribution is -0.337.